The predicted molar refractivity (Wildman–Crippen MR) is 75.9 cm³/mol. The maximum absolute atomic E-state index is 5.60. The molecule has 18 heavy (non-hydrogen) atoms. The molecule has 3 unspecified atom stereocenters. The molecule has 1 aliphatic heterocycles. The van der Waals surface area contributed by atoms with Crippen LogP contribution in [0.5, 0.6) is 0 Å². The summed E-state index contributed by atoms with van der Waals surface area (Å²) < 4.78 is 5.60. The van der Waals surface area contributed by atoms with Crippen LogP contribution in [0.2, 0.25) is 0 Å². The van der Waals surface area contributed by atoms with Crippen LogP contribution < -0.4 is 5.32 Å². The molecule has 1 saturated carbocycles. The summed E-state index contributed by atoms with van der Waals surface area (Å²) in [7, 11) is 0. The lowest BCUT2D eigenvalue weighted by Crippen LogP contribution is -2.49. The molecule has 2 rings (SSSR count). The summed E-state index contributed by atoms with van der Waals surface area (Å²) in [5.41, 5.74) is 0. The minimum absolute atomic E-state index is 0.658. The molecule has 0 bridgehead atoms. The lowest BCUT2D eigenvalue weighted by Gasteiger charge is -2.38. The predicted octanol–water partition coefficient (Wildman–Crippen LogP) is 2.27. The van der Waals surface area contributed by atoms with Gasteiger partial charge in [-0.25, -0.2) is 0 Å². The summed E-state index contributed by atoms with van der Waals surface area (Å²) in [5.74, 6) is 0.865. The van der Waals surface area contributed by atoms with E-state index in [-0.39, 0.29) is 0 Å². The van der Waals surface area contributed by atoms with E-state index in [1.165, 1.54) is 45.2 Å². The SMILES string of the molecule is CCCNC1CCCC1CN1CCOCC1CC. The van der Waals surface area contributed by atoms with Crippen molar-refractivity contribution in [3.63, 3.8) is 0 Å². The lowest BCUT2D eigenvalue weighted by atomic mass is 10.0. The van der Waals surface area contributed by atoms with Gasteiger partial charge in [0.2, 0.25) is 0 Å². The van der Waals surface area contributed by atoms with Gasteiger partial charge in [0.15, 0.2) is 0 Å². The number of ether oxygens (including phenoxy) is 1. The average Bonchev–Trinajstić information content (AvgIpc) is 2.84. The molecule has 1 N–H and O–H groups in total. The quantitative estimate of drug-likeness (QED) is 0.787. The van der Waals surface area contributed by atoms with E-state index in [2.05, 4.69) is 24.1 Å². The van der Waals surface area contributed by atoms with Gasteiger partial charge in [0.1, 0.15) is 0 Å². The van der Waals surface area contributed by atoms with Gasteiger partial charge in [-0.15, -0.1) is 0 Å². The second-order valence-electron chi connectivity index (χ2n) is 5.88. The molecule has 3 atom stereocenters. The molecule has 2 fully saturated rings. The van der Waals surface area contributed by atoms with Crippen molar-refractivity contribution in [2.24, 2.45) is 5.92 Å². The summed E-state index contributed by atoms with van der Waals surface area (Å²) in [6.07, 6.45) is 6.67. The molecular weight excluding hydrogens is 224 g/mol. The summed E-state index contributed by atoms with van der Waals surface area (Å²) in [6, 6.07) is 1.43. The molecule has 0 amide bonds. The van der Waals surface area contributed by atoms with Gasteiger partial charge < -0.3 is 10.1 Å². The number of morpholine rings is 1. The Morgan fingerprint density at radius 2 is 2.17 bits per heavy atom. The van der Waals surface area contributed by atoms with Gasteiger partial charge in [-0.1, -0.05) is 20.3 Å². The number of hydrogen-bond acceptors (Lipinski definition) is 3. The standard InChI is InChI=1S/C15H30N2O/c1-3-8-16-15-7-5-6-13(15)11-17-9-10-18-12-14(17)4-2/h13-16H,3-12H2,1-2H3. The third-order valence-electron chi connectivity index (χ3n) is 4.61. The molecule has 0 radical (unpaired) electrons. The largest absolute Gasteiger partial charge is 0.378 e. The molecular formula is C15H30N2O. The van der Waals surface area contributed by atoms with E-state index in [9.17, 15) is 0 Å². The van der Waals surface area contributed by atoms with Crippen LogP contribution in [-0.4, -0.2) is 49.8 Å². The Morgan fingerprint density at radius 1 is 1.28 bits per heavy atom. The van der Waals surface area contributed by atoms with Crippen LogP contribution >= 0.6 is 0 Å². The first-order valence-electron chi connectivity index (χ1n) is 7.90. The third-order valence-corrected chi connectivity index (χ3v) is 4.61. The molecule has 3 heteroatoms. The maximum atomic E-state index is 5.60. The molecule has 1 aliphatic carbocycles. The van der Waals surface area contributed by atoms with Gasteiger partial charge in [0.25, 0.3) is 0 Å². The molecule has 0 aromatic carbocycles. The molecule has 1 saturated heterocycles. The number of rotatable bonds is 6. The van der Waals surface area contributed by atoms with Gasteiger partial charge in [-0.3, -0.25) is 4.90 Å². The van der Waals surface area contributed by atoms with Crippen molar-refractivity contribution in [2.75, 3.05) is 32.8 Å². The van der Waals surface area contributed by atoms with E-state index in [0.29, 0.717) is 6.04 Å². The molecule has 106 valence electrons. The van der Waals surface area contributed by atoms with Crippen LogP contribution in [0.25, 0.3) is 0 Å². The summed E-state index contributed by atoms with van der Waals surface area (Å²) in [5, 5.41) is 3.75. The second-order valence-corrected chi connectivity index (χ2v) is 5.88. The summed E-state index contributed by atoms with van der Waals surface area (Å²) >= 11 is 0. The highest BCUT2D eigenvalue weighted by Gasteiger charge is 2.31. The van der Waals surface area contributed by atoms with Crippen molar-refractivity contribution < 1.29 is 4.74 Å². The highest BCUT2D eigenvalue weighted by Crippen LogP contribution is 2.28. The van der Waals surface area contributed by atoms with Crippen molar-refractivity contribution in [3.8, 4) is 0 Å². The number of nitrogens with one attached hydrogen (secondary N) is 1. The van der Waals surface area contributed by atoms with Crippen molar-refractivity contribution in [3.05, 3.63) is 0 Å². The fraction of sp³-hybridized carbons (Fsp3) is 1.00. The Bertz CT molecular complexity index is 235. The van der Waals surface area contributed by atoms with E-state index < -0.39 is 0 Å². The molecule has 0 aromatic rings. The van der Waals surface area contributed by atoms with Crippen LogP contribution in [0.15, 0.2) is 0 Å². The van der Waals surface area contributed by atoms with Crippen LogP contribution in [0, 0.1) is 5.92 Å². The fourth-order valence-corrected chi connectivity index (χ4v) is 3.46. The summed E-state index contributed by atoms with van der Waals surface area (Å²) in [4.78, 5) is 2.68. The Balaban J connectivity index is 1.82. The molecule has 1 heterocycles. The summed E-state index contributed by atoms with van der Waals surface area (Å²) in [6.45, 7) is 10.0. The van der Waals surface area contributed by atoms with Crippen LogP contribution in [0.4, 0.5) is 0 Å². The van der Waals surface area contributed by atoms with Crippen LogP contribution in [-0.2, 0) is 4.74 Å². The first kappa shape index (κ1) is 14.3. The average molecular weight is 254 g/mol. The monoisotopic (exact) mass is 254 g/mol. The van der Waals surface area contributed by atoms with E-state index in [1.807, 2.05) is 0 Å². The fourth-order valence-electron chi connectivity index (χ4n) is 3.46. The Kier molecular flexibility index (Phi) is 5.93. The van der Waals surface area contributed by atoms with E-state index in [0.717, 1.165) is 31.7 Å². The normalized spacial score (nSPS) is 34.0. The third kappa shape index (κ3) is 3.69. The van der Waals surface area contributed by atoms with Crippen molar-refractivity contribution in [1.82, 2.24) is 10.2 Å². The molecule has 3 nitrogen and oxygen atoms in total. The number of nitrogens with zero attached hydrogens (tertiary/aromatic N) is 1. The van der Waals surface area contributed by atoms with Gasteiger partial charge >= 0.3 is 0 Å². The smallest absolute Gasteiger partial charge is 0.0622 e. The zero-order valence-corrected chi connectivity index (χ0v) is 12.2. The highest BCUT2D eigenvalue weighted by molar-refractivity contribution is 4.87. The topological polar surface area (TPSA) is 24.5 Å². The van der Waals surface area contributed by atoms with Gasteiger partial charge in [0, 0.05) is 25.2 Å². The number of hydrogen-bond donors (Lipinski definition) is 1. The highest BCUT2D eigenvalue weighted by atomic mass is 16.5. The molecule has 0 spiro atoms. The van der Waals surface area contributed by atoms with Crippen molar-refractivity contribution in [2.45, 2.75) is 58.0 Å². The Labute approximate surface area is 112 Å². The maximum Gasteiger partial charge on any atom is 0.0622 e. The van der Waals surface area contributed by atoms with Crippen molar-refractivity contribution in [1.29, 1.82) is 0 Å². The first-order valence-corrected chi connectivity index (χ1v) is 7.90. The van der Waals surface area contributed by atoms with E-state index >= 15 is 0 Å². The van der Waals surface area contributed by atoms with Crippen LogP contribution in [0.3, 0.4) is 0 Å². The second kappa shape index (κ2) is 7.46. The minimum atomic E-state index is 0.658. The Morgan fingerprint density at radius 3 is 2.94 bits per heavy atom. The van der Waals surface area contributed by atoms with Crippen molar-refractivity contribution >= 4 is 0 Å². The zero-order chi connectivity index (χ0) is 12.8. The minimum Gasteiger partial charge on any atom is -0.378 e. The molecule has 2 aliphatic rings. The van der Waals surface area contributed by atoms with Crippen LogP contribution in [0.1, 0.15) is 46.0 Å². The first-order chi connectivity index (χ1) is 8.85. The Hall–Kier alpha value is -0.120. The van der Waals surface area contributed by atoms with E-state index in [1.54, 1.807) is 0 Å². The van der Waals surface area contributed by atoms with Gasteiger partial charge in [-0.2, -0.15) is 0 Å². The van der Waals surface area contributed by atoms with E-state index in [4.69, 9.17) is 4.74 Å². The van der Waals surface area contributed by atoms with Gasteiger partial charge in [-0.05, 0) is 38.1 Å². The molecule has 0 aromatic heterocycles. The zero-order valence-electron chi connectivity index (χ0n) is 12.2. The van der Waals surface area contributed by atoms with Gasteiger partial charge in [0.05, 0.1) is 13.2 Å². The lowest BCUT2D eigenvalue weighted by molar-refractivity contribution is -0.0165.